The Hall–Kier alpha value is 1.69. The van der Waals surface area contributed by atoms with E-state index in [2.05, 4.69) is 100 Å². The molecule has 0 aliphatic carbocycles. The number of hydrogen-bond acceptors (Lipinski definition) is 3. The minimum atomic E-state index is -1.44. The van der Waals surface area contributed by atoms with E-state index < -0.39 is 14.8 Å². The van der Waals surface area contributed by atoms with E-state index in [0.717, 1.165) is 102 Å². The fourth-order valence-electron chi connectivity index (χ4n) is 3.74. The van der Waals surface area contributed by atoms with Crippen LogP contribution in [0.4, 0.5) is 0 Å². The summed E-state index contributed by atoms with van der Waals surface area (Å²) >= 11 is 28.7. The van der Waals surface area contributed by atoms with E-state index in [1.54, 1.807) is 0 Å². The Labute approximate surface area is 303 Å². The summed E-state index contributed by atoms with van der Waals surface area (Å²) in [7, 11) is 0.0331. The molecule has 0 bridgehead atoms. The van der Waals surface area contributed by atoms with Crippen LogP contribution >= 0.6 is 56.1 Å². The van der Waals surface area contributed by atoms with Crippen molar-refractivity contribution in [3.8, 4) is 0 Å². The van der Waals surface area contributed by atoms with E-state index in [1.807, 2.05) is 11.8 Å². The third-order valence-corrected chi connectivity index (χ3v) is 22.6. The number of rotatable bonds is 24. The first-order chi connectivity index (χ1) is 20.0. The Bertz CT molecular complexity index is 780. The fourth-order valence-corrected chi connectivity index (χ4v) is 13.3. The van der Waals surface area contributed by atoms with E-state index in [9.17, 15) is 0 Å². The van der Waals surface area contributed by atoms with Gasteiger partial charge in [0.1, 0.15) is 0 Å². The van der Waals surface area contributed by atoms with E-state index >= 15 is 0 Å². The van der Waals surface area contributed by atoms with Gasteiger partial charge in [0.05, 0.1) is 0 Å². The van der Waals surface area contributed by atoms with Crippen molar-refractivity contribution in [2.75, 3.05) is 24.6 Å². The van der Waals surface area contributed by atoms with Crippen molar-refractivity contribution in [2.45, 2.75) is 118 Å². The molecule has 0 amide bonds. The Morgan fingerprint density at radius 3 is 1.07 bits per heavy atom. The lowest BCUT2D eigenvalue weighted by atomic mass is 10.0. The molecule has 0 saturated heterocycles. The van der Waals surface area contributed by atoms with E-state index in [0.29, 0.717) is 0 Å². The molecule has 0 saturated carbocycles. The number of allylic oxidation sites excluding steroid dienone is 4. The quantitative estimate of drug-likeness (QED) is 0.0547. The van der Waals surface area contributed by atoms with Crippen LogP contribution in [0.1, 0.15) is 108 Å². The summed E-state index contributed by atoms with van der Waals surface area (Å²) in [6.45, 7) is 24.2. The maximum atomic E-state index is 6.68. The lowest BCUT2D eigenvalue weighted by Gasteiger charge is -2.32. The molecule has 0 aromatic carbocycles. The molecule has 2 nitrogen and oxygen atoms in total. The van der Waals surface area contributed by atoms with Gasteiger partial charge in [-0.15, -0.1) is 44.3 Å². The zero-order valence-electron chi connectivity index (χ0n) is 28.2. The monoisotopic (exact) mass is 782 g/mol. The summed E-state index contributed by atoms with van der Waals surface area (Å²) in [4.78, 5) is 0. The molecule has 0 aliphatic rings. The fraction of sp³-hybridized carbons (Fsp3) is 0.733. The van der Waals surface area contributed by atoms with Crippen molar-refractivity contribution < 1.29 is 0 Å². The molecule has 0 fully saturated rings. The van der Waals surface area contributed by atoms with Gasteiger partial charge in [0.25, 0.3) is 14.8 Å². The number of halogens is 4. The number of nitrogens with zero attached hydrogens (tertiary/aromatic N) is 2. The second-order valence-corrected chi connectivity index (χ2v) is 28.3. The second kappa shape index (κ2) is 24.8. The van der Waals surface area contributed by atoms with Crippen LogP contribution in [0.15, 0.2) is 45.1 Å². The Balaban J connectivity index is 4.90. The molecule has 0 spiro atoms. The summed E-state index contributed by atoms with van der Waals surface area (Å²) in [5.74, 6) is 2.16. The van der Waals surface area contributed by atoms with Crippen LogP contribution in [-0.4, -0.2) is 86.6 Å². The highest BCUT2D eigenvalue weighted by molar-refractivity contribution is 7.99. The normalized spacial score (nSPS) is 14.6. The van der Waals surface area contributed by atoms with Gasteiger partial charge in [-0.05, 0) is 129 Å². The minimum Gasteiger partial charge on any atom is -0.342 e. The second-order valence-electron chi connectivity index (χ2n) is 12.7. The van der Waals surface area contributed by atoms with Crippen molar-refractivity contribution >= 4 is 110 Å². The van der Waals surface area contributed by atoms with Crippen LogP contribution < -0.4 is 0 Å². The van der Waals surface area contributed by atoms with Crippen LogP contribution in [0.3, 0.4) is 0 Å². The number of thioether (sulfide) groups is 1. The third-order valence-electron chi connectivity index (χ3n) is 6.77. The van der Waals surface area contributed by atoms with Crippen LogP contribution in [0, 0.1) is 0 Å². The average Bonchev–Trinajstić information content (AvgIpc) is 2.90. The predicted molar refractivity (Wildman–Crippen MR) is 211 cm³/mol. The van der Waals surface area contributed by atoms with Crippen LogP contribution in [0.5, 0.6) is 0 Å². The molecule has 0 aromatic heterocycles. The number of hydrogen-bond donors (Lipinski definition) is 0. The molecule has 0 aromatic rings. The zero-order valence-corrected chi connectivity index (χ0v) is 38.0. The van der Waals surface area contributed by atoms with Crippen LogP contribution in [-0.2, 0) is 0 Å². The molecule has 0 heterocycles. The SMILES string of the molecule is CC(C)=C[Si]N(CCCC(C)(CCSCCC(C)(CCCN([Si]C=C(C)C)[Si]C=C(C)C)[Si](Cl)Cl)[Si](Cl)Cl)[Si]C=C(C)C. The molecule has 2 atom stereocenters. The molecule has 0 rings (SSSR count). The summed E-state index contributed by atoms with van der Waals surface area (Å²) < 4.78 is 5.15. The molecule has 13 heteroatoms. The third kappa shape index (κ3) is 22.8. The van der Waals surface area contributed by atoms with Gasteiger partial charge in [-0.1, -0.05) is 58.9 Å². The summed E-state index contributed by atoms with van der Waals surface area (Å²) in [5.41, 5.74) is 15.0. The van der Waals surface area contributed by atoms with Gasteiger partial charge in [0, 0.05) is 0 Å². The van der Waals surface area contributed by atoms with Crippen LogP contribution in [0.2, 0.25) is 10.1 Å². The van der Waals surface area contributed by atoms with Gasteiger partial charge >= 0.3 is 0 Å². The molecule has 242 valence electrons. The summed E-state index contributed by atoms with van der Waals surface area (Å²) in [6.07, 6.45) is 6.54. The van der Waals surface area contributed by atoms with Crippen molar-refractivity contribution in [3.05, 3.63) is 45.1 Å². The molecule has 0 aliphatic heterocycles. The first kappa shape index (κ1) is 44.7. The highest BCUT2D eigenvalue weighted by atomic mass is 35.7. The predicted octanol–water partition coefficient (Wildman–Crippen LogP) is 10.3. The minimum absolute atomic E-state index is 0.0184. The maximum absolute atomic E-state index is 6.68. The molecule has 43 heavy (non-hydrogen) atoms. The Morgan fingerprint density at radius 1 is 0.558 bits per heavy atom. The topological polar surface area (TPSA) is 6.48 Å². The van der Waals surface area contributed by atoms with E-state index in [-0.39, 0.29) is 10.1 Å². The van der Waals surface area contributed by atoms with Crippen LogP contribution in [0.25, 0.3) is 0 Å². The molecular weight excluding hydrogens is 731 g/mol. The summed E-state index contributed by atoms with van der Waals surface area (Å²) in [6, 6.07) is 0. The zero-order chi connectivity index (χ0) is 33.1. The Kier molecular flexibility index (Phi) is 25.8. The van der Waals surface area contributed by atoms with Gasteiger partial charge in [-0.3, -0.25) is 0 Å². The highest BCUT2D eigenvalue weighted by Gasteiger charge is 2.35. The van der Waals surface area contributed by atoms with Crippen molar-refractivity contribution in [1.82, 2.24) is 8.46 Å². The largest absolute Gasteiger partial charge is 0.342 e. The first-order valence-electron chi connectivity index (χ1n) is 15.1. The van der Waals surface area contributed by atoms with Gasteiger partial charge < -0.3 is 8.46 Å². The van der Waals surface area contributed by atoms with Gasteiger partial charge in [0.2, 0.25) is 0 Å². The first-order valence-corrected chi connectivity index (χ1v) is 27.4. The van der Waals surface area contributed by atoms with Gasteiger partial charge in [0.15, 0.2) is 38.7 Å². The molecule has 2 unspecified atom stereocenters. The smallest absolute Gasteiger partial charge is 0.279 e. The van der Waals surface area contributed by atoms with E-state index in [1.165, 1.54) is 22.3 Å². The van der Waals surface area contributed by atoms with Gasteiger partial charge in [-0.25, -0.2) is 0 Å². The lowest BCUT2D eigenvalue weighted by Crippen LogP contribution is -2.32. The van der Waals surface area contributed by atoms with Crippen molar-refractivity contribution in [1.29, 1.82) is 0 Å². The Morgan fingerprint density at radius 2 is 0.837 bits per heavy atom. The molecular formula is C30H54Cl4N2SSi6. The van der Waals surface area contributed by atoms with E-state index in [4.69, 9.17) is 44.3 Å². The maximum Gasteiger partial charge on any atom is 0.279 e. The standard InChI is InChI=1S/C30H54Cl4N2SSi6/c1-25(2)21-38-35(39-22-26(3)4)17-11-13-29(9,42(31)32)15-19-37-20-16-30(10,43(33)34)14-12-18-36(40-23-27(5)6)41-24-28(7)8/h21-24H,11-20H2,1-10H3. The highest BCUT2D eigenvalue weighted by Crippen LogP contribution is 2.45. The van der Waals surface area contributed by atoms with Crippen molar-refractivity contribution in [2.24, 2.45) is 0 Å². The lowest BCUT2D eigenvalue weighted by molar-refractivity contribution is 0.486. The van der Waals surface area contributed by atoms with Crippen molar-refractivity contribution in [3.63, 3.8) is 0 Å². The molecule has 0 N–H and O–H groups in total. The molecule has 10 radical (unpaired) electrons. The summed E-state index contributed by atoms with van der Waals surface area (Å²) in [5, 5.41) is 0.0367. The van der Waals surface area contributed by atoms with Gasteiger partial charge in [-0.2, -0.15) is 11.8 Å². The average molecular weight is 785 g/mol.